The van der Waals surface area contributed by atoms with Crippen LogP contribution in [0.25, 0.3) is 0 Å². The number of hydrogen-bond acceptors (Lipinski definition) is 6. The van der Waals surface area contributed by atoms with Gasteiger partial charge in [-0.05, 0) is 30.3 Å². The quantitative estimate of drug-likeness (QED) is 0.388. The normalized spacial score (nSPS) is 22.5. The van der Waals surface area contributed by atoms with Crippen molar-refractivity contribution in [3.63, 3.8) is 0 Å². The molecule has 2 aromatic rings. The van der Waals surface area contributed by atoms with Crippen molar-refractivity contribution < 1.29 is 29.4 Å². The predicted molar refractivity (Wildman–Crippen MR) is 130 cm³/mol. The van der Waals surface area contributed by atoms with Crippen molar-refractivity contribution in [2.75, 3.05) is 37.6 Å². The number of carbonyl (C=O) groups excluding carboxylic acids is 2. The van der Waals surface area contributed by atoms with E-state index < -0.39 is 36.0 Å². The number of piperazine rings is 1. The Morgan fingerprint density at radius 2 is 1.71 bits per heavy atom. The van der Waals surface area contributed by atoms with Gasteiger partial charge < -0.3 is 19.6 Å². The van der Waals surface area contributed by atoms with Crippen LogP contribution in [-0.2, 0) is 9.59 Å². The molecule has 35 heavy (non-hydrogen) atoms. The first-order valence-corrected chi connectivity index (χ1v) is 12.1. The Morgan fingerprint density at radius 3 is 2.34 bits per heavy atom. The second kappa shape index (κ2) is 11.0. The zero-order chi connectivity index (χ0) is 24.9. The molecule has 10 nitrogen and oxygen atoms in total. The SMILES string of the molecule is O=C(NO)[C@H]1C[C@H](Oc2cccc(Br)c2)CN(C(=O)O)[C@@H]1C(=O)N1CCN(c2ccccc2)CC1. The molecule has 3 amide bonds. The minimum absolute atomic E-state index is 0.0725. The van der Waals surface area contributed by atoms with Crippen LogP contribution in [0.15, 0.2) is 59.1 Å². The molecule has 2 saturated heterocycles. The highest BCUT2D eigenvalue weighted by Crippen LogP contribution is 2.30. The number of amides is 3. The molecule has 2 heterocycles. The fourth-order valence-corrected chi connectivity index (χ4v) is 5.08. The number of ether oxygens (including phenoxy) is 1. The van der Waals surface area contributed by atoms with Crippen molar-refractivity contribution >= 4 is 39.5 Å². The summed E-state index contributed by atoms with van der Waals surface area (Å²) in [6, 6.07) is 15.6. The monoisotopic (exact) mass is 546 g/mol. The molecule has 4 rings (SSSR count). The topological polar surface area (TPSA) is 123 Å². The number of rotatable bonds is 5. The zero-order valence-electron chi connectivity index (χ0n) is 18.9. The molecule has 0 bridgehead atoms. The highest BCUT2D eigenvalue weighted by atomic mass is 79.9. The largest absolute Gasteiger partial charge is 0.489 e. The van der Waals surface area contributed by atoms with Crippen LogP contribution in [0.4, 0.5) is 10.5 Å². The van der Waals surface area contributed by atoms with Gasteiger partial charge in [-0.2, -0.15) is 0 Å². The van der Waals surface area contributed by atoms with Gasteiger partial charge in [0.2, 0.25) is 11.8 Å². The van der Waals surface area contributed by atoms with Gasteiger partial charge in [0.25, 0.3) is 0 Å². The Kier molecular flexibility index (Phi) is 7.76. The van der Waals surface area contributed by atoms with Gasteiger partial charge in [-0.25, -0.2) is 10.3 Å². The van der Waals surface area contributed by atoms with Gasteiger partial charge >= 0.3 is 6.09 Å². The van der Waals surface area contributed by atoms with Gasteiger partial charge in [-0.3, -0.25) is 19.7 Å². The Balaban J connectivity index is 1.51. The minimum Gasteiger partial charge on any atom is -0.489 e. The summed E-state index contributed by atoms with van der Waals surface area (Å²) in [7, 11) is 0. The number of nitrogens with one attached hydrogen (secondary N) is 1. The molecule has 186 valence electrons. The Morgan fingerprint density at radius 1 is 1.00 bits per heavy atom. The van der Waals surface area contributed by atoms with Crippen molar-refractivity contribution in [1.29, 1.82) is 0 Å². The maximum atomic E-state index is 13.5. The molecule has 0 spiro atoms. The molecule has 3 N–H and O–H groups in total. The third-order valence-corrected chi connectivity index (χ3v) is 6.88. The number of piperidine rings is 1. The van der Waals surface area contributed by atoms with E-state index >= 15 is 0 Å². The zero-order valence-corrected chi connectivity index (χ0v) is 20.5. The van der Waals surface area contributed by atoms with E-state index in [4.69, 9.17) is 4.74 Å². The smallest absolute Gasteiger partial charge is 0.408 e. The number of halogens is 1. The fourth-order valence-electron chi connectivity index (χ4n) is 4.70. The molecule has 0 saturated carbocycles. The van der Waals surface area contributed by atoms with E-state index in [1.54, 1.807) is 28.6 Å². The molecule has 2 aromatic carbocycles. The second-order valence-electron chi connectivity index (χ2n) is 8.54. The summed E-state index contributed by atoms with van der Waals surface area (Å²) < 4.78 is 6.74. The van der Waals surface area contributed by atoms with E-state index in [0.29, 0.717) is 31.9 Å². The van der Waals surface area contributed by atoms with E-state index in [0.717, 1.165) is 15.1 Å². The summed E-state index contributed by atoms with van der Waals surface area (Å²) >= 11 is 3.36. The van der Waals surface area contributed by atoms with Crippen molar-refractivity contribution in [3.8, 4) is 5.75 Å². The van der Waals surface area contributed by atoms with Crippen molar-refractivity contribution in [2.45, 2.75) is 18.6 Å². The second-order valence-corrected chi connectivity index (χ2v) is 9.46. The maximum absolute atomic E-state index is 13.5. The average molecular weight is 547 g/mol. The van der Waals surface area contributed by atoms with Crippen LogP contribution in [0.3, 0.4) is 0 Å². The van der Waals surface area contributed by atoms with Gasteiger partial charge in [0.1, 0.15) is 17.9 Å². The molecule has 0 unspecified atom stereocenters. The molecular formula is C24H27BrN4O6. The summed E-state index contributed by atoms with van der Waals surface area (Å²) in [6.45, 7) is 1.87. The van der Waals surface area contributed by atoms with Crippen molar-refractivity contribution in [3.05, 3.63) is 59.1 Å². The molecule has 0 radical (unpaired) electrons. The number of hydrogen-bond donors (Lipinski definition) is 3. The van der Waals surface area contributed by atoms with E-state index in [-0.39, 0.29) is 13.0 Å². The van der Waals surface area contributed by atoms with E-state index in [1.165, 1.54) is 0 Å². The fraction of sp³-hybridized carbons (Fsp3) is 0.375. The lowest BCUT2D eigenvalue weighted by atomic mass is 9.86. The third-order valence-electron chi connectivity index (χ3n) is 6.39. The highest BCUT2D eigenvalue weighted by Gasteiger charge is 2.48. The van der Waals surface area contributed by atoms with Crippen LogP contribution in [0.1, 0.15) is 6.42 Å². The first-order valence-electron chi connectivity index (χ1n) is 11.3. The Labute approximate surface area is 211 Å². The number of likely N-dealkylation sites (tertiary alicyclic amines) is 1. The molecule has 0 aliphatic carbocycles. The molecule has 0 aromatic heterocycles. The lowest BCUT2D eigenvalue weighted by molar-refractivity contribution is -0.150. The number of nitrogens with zero attached hydrogens (tertiary/aromatic N) is 3. The van der Waals surface area contributed by atoms with Gasteiger partial charge in [0, 0.05) is 42.8 Å². The third kappa shape index (κ3) is 5.68. The summed E-state index contributed by atoms with van der Waals surface area (Å²) in [6.07, 6.45) is -1.94. The predicted octanol–water partition coefficient (Wildman–Crippen LogP) is 2.42. The number of carboxylic acid groups (broad SMARTS) is 1. The average Bonchev–Trinajstić information content (AvgIpc) is 2.88. The minimum atomic E-state index is -1.33. The summed E-state index contributed by atoms with van der Waals surface area (Å²) in [5.41, 5.74) is 2.65. The standard InChI is InChI=1S/C24H27BrN4O6/c25-16-5-4-8-18(13-16)35-19-14-20(22(30)26-34)21(29(15-19)24(32)33)23(31)28-11-9-27(10-12-28)17-6-2-1-3-7-17/h1-8,13,19-21,34H,9-12,14-15H2,(H,26,30)(H,32,33)/t19-,20-,21-/m0/s1. The van der Waals surface area contributed by atoms with Gasteiger partial charge in [0.15, 0.2) is 0 Å². The van der Waals surface area contributed by atoms with Crippen LogP contribution >= 0.6 is 15.9 Å². The van der Waals surface area contributed by atoms with E-state index in [2.05, 4.69) is 20.8 Å². The lowest BCUT2D eigenvalue weighted by Gasteiger charge is -2.44. The summed E-state index contributed by atoms with van der Waals surface area (Å²) in [4.78, 5) is 43.0. The van der Waals surface area contributed by atoms with Crippen LogP contribution in [0.2, 0.25) is 0 Å². The van der Waals surface area contributed by atoms with Crippen LogP contribution in [-0.4, -0.2) is 82.9 Å². The van der Waals surface area contributed by atoms with Gasteiger partial charge in [-0.1, -0.05) is 40.2 Å². The summed E-state index contributed by atoms with van der Waals surface area (Å²) in [5.74, 6) is -1.88. The van der Waals surface area contributed by atoms with E-state index in [9.17, 15) is 24.7 Å². The Hall–Kier alpha value is -3.31. The first kappa shape index (κ1) is 24.8. The molecule has 2 fully saturated rings. The van der Waals surface area contributed by atoms with Gasteiger partial charge in [0.05, 0.1) is 12.5 Å². The molecular weight excluding hydrogens is 520 g/mol. The van der Waals surface area contributed by atoms with Crippen LogP contribution in [0, 0.1) is 5.92 Å². The number of hydroxylamine groups is 1. The number of benzene rings is 2. The first-order chi connectivity index (χ1) is 16.9. The van der Waals surface area contributed by atoms with Gasteiger partial charge in [-0.15, -0.1) is 0 Å². The highest BCUT2D eigenvalue weighted by molar-refractivity contribution is 9.10. The van der Waals surface area contributed by atoms with Crippen LogP contribution < -0.4 is 15.1 Å². The van der Waals surface area contributed by atoms with Crippen molar-refractivity contribution in [1.82, 2.24) is 15.3 Å². The molecule has 2 aliphatic rings. The van der Waals surface area contributed by atoms with E-state index in [1.807, 2.05) is 36.4 Å². The number of para-hydroxylation sites is 1. The van der Waals surface area contributed by atoms with Crippen LogP contribution in [0.5, 0.6) is 5.75 Å². The molecule has 3 atom stereocenters. The maximum Gasteiger partial charge on any atom is 0.408 e. The molecule has 11 heteroatoms. The summed E-state index contributed by atoms with van der Waals surface area (Å²) in [5, 5.41) is 19.3. The Bertz CT molecular complexity index is 1060. The lowest BCUT2D eigenvalue weighted by Crippen LogP contribution is -2.64. The number of carbonyl (C=O) groups is 3. The molecule has 2 aliphatic heterocycles. The number of anilines is 1. The van der Waals surface area contributed by atoms with Crippen molar-refractivity contribution in [2.24, 2.45) is 5.92 Å².